The third kappa shape index (κ3) is 68.0. The van der Waals surface area contributed by atoms with E-state index >= 15 is 0 Å². The molecule has 0 spiro atoms. The first-order chi connectivity index (χ1) is 41.0. The third-order valence-corrected chi connectivity index (χ3v) is 14.3. The average molecular weight is 1150 g/mol. The molecular formula is C77H126O6. The van der Waals surface area contributed by atoms with Crippen molar-refractivity contribution >= 4 is 17.9 Å². The Kier molecular flexibility index (Phi) is 65.8. The zero-order valence-electron chi connectivity index (χ0n) is 53.9. The zero-order valence-corrected chi connectivity index (χ0v) is 53.9. The summed E-state index contributed by atoms with van der Waals surface area (Å²) in [5, 5.41) is 0. The summed E-state index contributed by atoms with van der Waals surface area (Å²) in [4.78, 5) is 38.3. The lowest BCUT2D eigenvalue weighted by molar-refractivity contribution is -0.167. The van der Waals surface area contributed by atoms with Crippen LogP contribution < -0.4 is 0 Å². The average Bonchev–Trinajstić information content (AvgIpc) is 3.49. The molecule has 83 heavy (non-hydrogen) atoms. The molecule has 6 nitrogen and oxygen atoms in total. The molecule has 0 fully saturated rings. The molecule has 0 aliphatic rings. The molecule has 0 bridgehead atoms. The smallest absolute Gasteiger partial charge is 0.306 e. The number of rotatable bonds is 61. The van der Waals surface area contributed by atoms with Gasteiger partial charge in [0, 0.05) is 19.3 Å². The van der Waals surface area contributed by atoms with Crippen molar-refractivity contribution in [2.24, 2.45) is 0 Å². The maximum atomic E-state index is 12.9. The first-order valence-electron chi connectivity index (χ1n) is 34.3. The van der Waals surface area contributed by atoms with E-state index in [0.29, 0.717) is 19.3 Å². The summed E-state index contributed by atoms with van der Waals surface area (Å²) in [6.45, 7) is 6.39. The molecule has 0 amide bonds. The molecular weight excluding hydrogens is 1020 g/mol. The number of carbonyl (C=O) groups is 3. The Morgan fingerprint density at radius 2 is 0.470 bits per heavy atom. The van der Waals surface area contributed by atoms with Crippen LogP contribution in [0, 0.1) is 0 Å². The predicted molar refractivity (Wildman–Crippen MR) is 362 cm³/mol. The highest BCUT2D eigenvalue weighted by atomic mass is 16.6. The minimum absolute atomic E-state index is 0.0848. The lowest BCUT2D eigenvalue weighted by atomic mass is 10.0. The standard InChI is InChI=1S/C77H126O6/c1-4-7-10-13-16-19-21-23-25-27-29-31-33-34-35-36-37-38-39-40-41-42-44-45-47-49-51-53-55-58-61-64-67-70-76(79)82-73-74(72-81-75(78)69-66-63-60-57-18-15-12-9-6-3)83-77(80)71-68-65-62-59-56-54-52-50-48-46-43-32-30-28-26-24-22-20-17-14-11-8-5-2/h7-8,10-11,16-17,19-20,23-26,29-32,34-35,37-38,40-41,46,48,74H,4-6,9,12-15,18,21-22,27-28,33,36,39,42-45,47,49-73H2,1-3H3/b10-7-,11-8-,19-16-,20-17-,25-23-,26-24-,31-29-,32-30-,35-34-,38-37-,41-40-,48-46-. The van der Waals surface area contributed by atoms with Crippen LogP contribution in [-0.4, -0.2) is 37.2 Å². The number of hydrogen-bond acceptors (Lipinski definition) is 6. The van der Waals surface area contributed by atoms with Crippen molar-refractivity contribution in [1.82, 2.24) is 0 Å². The van der Waals surface area contributed by atoms with Crippen LogP contribution in [0.15, 0.2) is 146 Å². The molecule has 0 heterocycles. The molecule has 470 valence electrons. The number of ether oxygens (including phenoxy) is 3. The summed E-state index contributed by atoms with van der Waals surface area (Å²) >= 11 is 0. The monoisotopic (exact) mass is 1150 g/mol. The molecule has 0 rings (SSSR count). The summed E-state index contributed by atoms with van der Waals surface area (Å²) in [5.74, 6) is -0.898. The molecule has 1 atom stereocenters. The molecule has 0 N–H and O–H groups in total. The van der Waals surface area contributed by atoms with Crippen molar-refractivity contribution in [2.75, 3.05) is 13.2 Å². The van der Waals surface area contributed by atoms with E-state index in [4.69, 9.17) is 14.2 Å². The largest absolute Gasteiger partial charge is 0.462 e. The van der Waals surface area contributed by atoms with Gasteiger partial charge in [-0.05, 0) is 122 Å². The highest BCUT2D eigenvalue weighted by Gasteiger charge is 2.19. The molecule has 0 aromatic carbocycles. The maximum absolute atomic E-state index is 12.9. The molecule has 0 saturated carbocycles. The van der Waals surface area contributed by atoms with Crippen LogP contribution in [0.4, 0.5) is 0 Å². The van der Waals surface area contributed by atoms with Crippen LogP contribution in [0.3, 0.4) is 0 Å². The van der Waals surface area contributed by atoms with Crippen molar-refractivity contribution in [3.8, 4) is 0 Å². The van der Waals surface area contributed by atoms with E-state index in [1.54, 1.807) is 0 Å². The van der Waals surface area contributed by atoms with Crippen molar-refractivity contribution in [3.05, 3.63) is 146 Å². The third-order valence-electron chi connectivity index (χ3n) is 14.3. The SMILES string of the molecule is CC/C=C\C/C=C\C/C=C\C/C=C\C/C=C\C/C=C\C/C=C\CCCCCCCCCCCCCC(=O)OCC(COC(=O)CCCCCCCCCCC)OC(=O)CCCCCCCCC/C=C\C/C=C\C/C=C\C/C=C\C/C=C\CC. The molecule has 0 radical (unpaired) electrons. The van der Waals surface area contributed by atoms with E-state index in [9.17, 15) is 14.4 Å². The van der Waals surface area contributed by atoms with Crippen molar-refractivity contribution in [2.45, 2.75) is 309 Å². The second-order valence-electron chi connectivity index (χ2n) is 22.3. The summed E-state index contributed by atoms with van der Waals surface area (Å²) < 4.78 is 16.9. The second-order valence-corrected chi connectivity index (χ2v) is 22.3. The Hall–Kier alpha value is -4.71. The fourth-order valence-electron chi connectivity index (χ4n) is 9.27. The van der Waals surface area contributed by atoms with E-state index in [-0.39, 0.29) is 31.1 Å². The zero-order chi connectivity index (χ0) is 59.9. The van der Waals surface area contributed by atoms with Crippen LogP contribution in [0.5, 0.6) is 0 Å². The van der Waals surface area contributed by atoms with Gasteiger partial charge < -0.3 is 14.2 Å². The molecule has 0 aliphatic heterocycles. The van der Waals surface area contributed by atoms with Crippen molar-refractivity contribution < 1.29 is 28.6 Å². The van der Waals surface area contributed by atoms with E-state index in [1.165, 1.54) is 122 Å². The minimum Gasteiger partial charge on any atom is -0.462 e. The van der Waals surface area contributed by atoms with Gasteiger partial charge in [-0.2, -0.15) is 0 Å². The fourth-order valence-corrected chi connectivity index (χ4v) is 9.27. The second kappa shape index (κ2) is 69.8. The van der Waals surface area contributed by atoms with Gasteiger partial charge in [-0.25, -0.2) is 0 Å². The maximum Gasteiger partial charge on any atom is 0.306 e. The number of allylic oxidation sites excluding steroid dienone is 24. The van der Waals surface area contributed by atoms with E-state index in [0.717, 1.165) is 141 Å². The van der Waals surface area contributed by atoms with Crippen LogP contribution in [0.1, 0.15) is 303 Å². The van der Waals surface area contributed by atoms with Gasteiger partial charge in [0.15, 0.2) is 6.10 Å². The van der Waals surface area contributed by atoms with Crippen LogP contribution in [0.2, 0.25) is 0 Å². The summed E-state index contributed by atoms with van der Waals surface area (Å²) in [5.41, 5.74) is 0. The quantitative estimate of drug-likeness (QED) is 0.0261. The van der Waals surface area contributed by atoms with Gasteiger partial charge in [0.1, 0.15) is 13.2 Å². The lowest BCUT2D eigenvalue weighted by Crippen LogP contribution is -2.30. The predicted octanol–water partition coefficient (Wildman–Crippen LogP) is 23.9. The van der Waals surface area contributed by atoms with Crippen molar-refractivity contribution in [1.29, 1.82) is 0 Å². The normalized spacial score (nSPS) is 13.0. The number of unbranched alkanes of at least 4 members (excludes halogenated alkanes) is 26. The fraction of sp³-hybridized carbons (Fsp3) is 0.649. The van der Waals surface area contributed by atoms with Crippen LogP contribution >= 0.6 is 0 Å². The molecule has 0 saturated heterocycles. The van der Waals surface area contributed by atoms with Crippen molar-refractivity contribution in [3.63, 3.8) is 0 Å². The Bertz CT molecular complexity index is 1800. The van der Waals surface area contributed by atoms with E-state index < -0.39 is 6.10 Å². The highest BCUT2D eigenvalue weighted by Crippen LogP contribution is 2.16. The summed E-state index contributed by atoms with van der Waals surface area (Å²) in [6.07, 6.45) is 100. The highest BCUT2D eigenvalue weighted by molar-refractivity contribution is 5.71. The van der Waals surface area contributed by atoms with Gasteiger partial charge in [0.05, 0.1) is 0 Å². The van der Waals surface area contributed by atoms with Gasteiger partial charge >= 0.3 is 17.9 Å². The minimum atomic E-state index is -0.789. The molecule has 0 aromatic heterocycles. The number of hydrogen-bond donors (Lipinski definition) is 0. The van der Waals surface area contributed by atoms with Gasteiger partial charge in [-0.15, -0.1) is 0 Å². The Labute approximate surface area is 512 Å². The van der Waals surface area contributed by atoms with E-state index in [2.05, 4.69) is 167 Å². The Balaban J connectivity index is 4.21. The number of carbonyl (C=O) groups excluding carboxylic acids is 3. The molecule has 0 aliphatic carbocycles. The first-order valence-corrected chi connectivity index (χ1v) is 34.3. The van der Waals surface area contributed by atoms with Gasteiger partial charge in [-0.3, -0.25) is 14.4 Å². The lowest BCUT2D eigenvalue weighted by Gasteiger charge is -2.18. The van der Waals surface area contributed by atoms with Crippen LogP contribution in [-0.2, 0) is 28.6 Å². The molecule has 1 unspecified atom stereocenters. The van der Waals surface area contributed by atoms with Gasteiger partial charge in [0.25, 0.3) is 0 Å². The molecule has 0 aromatic rings. The summed E-state index contributed by atoms with van der Waals surface area (Å²) in [6, 6.07) is 0. The first kappa shape index (κ1) is 78.3. The van der Waals surface area contributed by atoms with Gasteiger partial charge in [0.2, 0.25) is 0 Å². The Morgan fingerprint density at radius 1 is 0.253 bits per heavy atom. The summed E-state index contributed by atoms with van der Waals surface area (Å²) in [7, 11) is 0. The number of esters is 3. The molecule has 6 heteroatoms. The Morgan fingerprint density at radius 3 is 0.735 bits per heavy atom. The van der Waals surface area contributed by atoms with E-state index in [1.807, 2.05) is 0 Å². The topological polar surface area (TPSA) is 78.9 Å². The van der Waals surface area contributed by atoms with Gasteiger partial charge in [-0.1, -0.05) is 308 Å². The van der Waals surface area contributed by atoms with Crippen LogP contribution in [0.25, 0.3) is 0 Å².